The minimum Gasteiger partial charge on any atom is -0.356 e. The molecule has 1 saturated heterocycles. The van der Waals surface area contributed by atoms with E-state index in [-0.39, 0.29) is 34.3 Å². The van der Waals surface area contributed by atoms with Gasteiger partial charge >= 0.3 is 6.18 Å². The summed E-state index contributed by atoms with van der Waals surface area (Å²) in [5, 5.41) is 6.80. The molecule has 3 aromatic rings. The quantitative estimate of drug-likeness (QED) is 0.575. The lowest BCUT2D eigenvalue weighted by atomic mass is 10.1. The van der Waals surface area contributed by atoms with E-state index in [1.807, 2.05) is 0 Å². The zero-order valence-electron chi connectivity index (χ0n) is 16.8. The smallest absolute Gasteiger partial charge is 0.356 e. The number of aromatic amines is 1. The van der Waals surface area contributed by atoms with Crippen molar-refractivity contribution in [3.05, 3.63) is 40.6 Å². The maximum Gasteiger partial charge on any atom is 0.419 e. The van der Waals surface area contributed by atoms with E-state index in [1.165, 1.54) is 6.20 Å². The monoisotopic (exact) mass is 432 g/mol. The van der Waals surface area contributed by atoms with E-state index in [9.17, 15) is 18.0 Å². The van der Waals surface area contributed by atoms with E-state index >= 15 is 0 Å². The molecule has 2 aliphatic rings. The second-order valence-electron chi connectivity index (χ2n) is 8.35. The molecule has 1 aliphatic heterocycles. The van der Waals surface area contributed by atoms with Crippen molar-refractivity contribution < 1.29 is 13.2 Å². The molecule has 2 fully saturated rings. The number of halogens is 3. The van der Waals surface area contributed by atoms with Gasteiger partial charge in [0.1, 0.15) is 11.1 Å². The third-order valence-corrected chi connectivity index (χ3v) is 5.95. The van der Waals surface area contributed by atoms with Crippen LogP contribution in [-0.4, -0.2) is 38.7 Å². The van der Waals surface area contributed by atoms with Crippen LogP contribution in [0.3, 0.4) is 0 Å². The van der Waals surface area contributed by atoms with Crippen LogP contribution in [0.5, 0.6) is 0 Å². The molecular formula is C21H23F3N6O. The molecule has 0 aromatic carbocycles. The lowest BCUT2D eigenvalue weighted by Crippen LogP contribution is -2.38. The first-order valence-corrected chi connectivity index (χ1v) is 10.5. The average molecular weight is 432 g/mol. The number of hydrogen-bond donors (Lipinski definition) is 3. The maximum atomic E-state index is 13.7. The van der Waals surface area contributed by atoms with Gasteiger partial charge in [0.25, 0.3) is 5.56 Å². The molecule has 5 rings (SSSR count). The topological polar surface area (TPSA) is 87.6 Å². The highest BCUT2D eigenvalue weighted by molar-refractivity contribution is 5.94. The van der Waals surface area contributed by atoms with Crippen molar-refractivity contribution in [3.8, 4) is 11.3 Å². The zero-order chi connectivity index (χ0) is 21.6. The molecule has 1 aliphatic carbocycles. The molecule has 0 bridgehead atoms. The standard InChI is InChI=1S/C21H23F3N6O/c22-21(23,24)16-10-27-20(28-13-2-1-6-25-8-13)29-17(16)15-9-26-18-14(15)5-7-30(19(18)31)11-12-3-4-12/h5,7,9-10,12-13,25-26H,1-4,6,8,11H2,(H,27,28,29)/t13-/m0/s1. The predicted molar refractivity (Wildman–Crippen MR) is 111 cm³/mol. The molecule has 3 N–H and O–H groups in total. The number of anilines is 1. The first-order valence-electron chi connectivity index (χ1n) is 10.5. The number of nitrogens with one attached hydrogen (secondary N) is 3. The number of piperidine rings is 1. The van der Waals surface area contributed by atoms with E-state index in [4.69, 9.17) is 0 Å². The van der Waals surface area contributed by atoms with E-state index in [0.717, 1.165) is 38.4 Å². The molecule has 7 nitrogen and oxygen atoms in total. The summed E-state index contributed by atoms with van der Waals surface area (Å²) in [6.45, 7) is 2.26. The highest BCUT2D eigenvalue weighted by Crippen LogP contribution is 2.38. The zero-order valence-corrected chi connectivity index (χ0v) is 16.8. The molecule has 0 spiro atoms. The lowest BCUT2D eigenvalue weighted by molar-refractivity contribution is -0.137. The van der Waals surface area contributed by atoms with Crippen molar-refractivity contribution in [1.82, 2.24) is 24.8 Å². The third-order valence-electron chi connectivity index (χ3n) is 5.95. The Labute approximate surface area is 176 Å². The van der Waals surface area contributed by atoms with Crippen LogP contribution in [-0.2, 0) is 12.7 Å². The fourth-order valence-electron chi connectivity index (χ4n) is 4.10. The Morgan fingerprint density at radius 3 is 2.81 bits per heavy atom. The Kier molecular flexibility index (Phi) is 4.96. The van der Waals surface area contributed by atoms with Crippen molar-refractivity contribution in [1.29, 1.82) is 0 Å². The number of H-pyrrole nitrogens is 1. The number of alkyl halides is 3. The normalized spacial score (nSPS) is 19.6. The fourth-order valence-corrected chi connectivity index (χ4v) is 4.10. The van der Waals surface area contributed by atoms with Gasteiger partial charge in [-0.25, -0.2) is 9.97 Å². The van der Waals surface area contributed by atoms with Crippen LogP contribution in [0.1, 0.15) is 31.2 Å². The van der Waals surface area contributed by atoms with Gasteiger partial charge in [-0.1, -0.05) is 0 Å². The molecule has 0 radical (unpaired) electrons. The molecule has 3 aromatic heterocycles. The summed E-state index contributed by atoms with van der Waals surface area (Å²) in [5.74, 6) is 0.652. The summed E-state index contributed by atoms with van der Waals surface area (Å²) in [6, 6.07) is 1.74. The van der Waals surface area contributed by atoms with Crippen molar-refractivity contribution in [2.45, 2.75) is 44.4 Å². The van der Waals surface area contributed by atoms with Crippen LogP contribution in [0.4, 0.5) is 19.1 Å². The third kappa shape index (κ3) is 4.04. The second-order valence-corrected chi connectivity index (χ2v) is 8.35. The van der Waals surface area contributed by atoms with Gasteiger partial charge < -0.3 is 20.2 Å². The Balaban J connectivity index is 1.57. The van der Waals surface area contributed by atoms with Crippen LogP contribution >= 0.6 is 0 Å². The van der Waals surface area contributed by atoms with E-state index in [1.54, 1.807) is 16.8 Å². The Hall–Kier alpha value is -2.88. The first kappa shape index (κ1) is 20.0. The maximum absolute atomic E-state index is 13.7. The lowest BCUT2D eigenvalue weighted by Gasteiger charge is -2.24. The van der Waals surface area contributed by atoms with Crippen LogP contribution < -0.4 is 16.2 Å². The Morgan fingerprint density at radius 1 is 1.26 bits per heavy atom. The number of rotatable bonds is 5. The van der Waals surface area contributed by atoms with Gasteiger partial charge in [-0.2, -0.15) is 13.2 Å². The molecule has 164 valence electrons. The number of fused-ring (bicyclic) bond motifs is 1. The van der Waals surface area contributed by atoms with Crippen molar-refractivity contribution in [2.75, 3.05) is 18.4 Å². The Bertz CT molecular complexity index is 1160. The molecule has 10 heteroatoms. The van der Waals surface area contributed by atoms with Crippen LogP contribution in [0.25, 0.3) is 22.2 Å². The minimum absolute atomic E-state index is 0.0518. The fraction of sp³-hybridized carbons (Fsp3) is 0.476. The van der Waals surface area contributed by atoms with Gasteiger partial charge in [-0.15, -0.1) is 0 Å². The van der Waals surface area contributed by atoms with Gasteiger partial charge in [0.15, 0.2) is 0 Å². The minimum atomic E-state index is -4.62. The predicted octanol–water partition coefficient (Wildman–Crippen LogP) is 3.38. The Morgan fingerprint density at radius 2 is 2.10 bits per heavy atom. The average Bonchev–Trinajstić information content (AvgIpc) is 3.45. The van der Waals surface area contributed by atoms with Gasteiger partial charge in [0.2, 0.25) is 5.95 Å². The van der Waals surface area contributed by atoms with Crippen LogP contribution in [0.2, 0.25) is 0 Å². The van der Waals surface area contributed by atoms with Crippen LogP contribution in [0.15, 0.2) is 29.5 Å². The molecule has 0 unspecified atom stereocenters. The molecular weight excluding hydrogens is 409 g/mol. The molecule has 4 heterocycles. The van der Waals surface area contributed by atoms with Gasteiger partial charge in [-0.3, -0.25) is 4.79 Å². The second kappa shape index (κ2) is 7.67. The van der Waals surface area contributed by atoms with Crippen molar-refractivity contribution in [3.63, 3.8) is 0 Å². The number of aromatic nitrogens is 4. The summed E-state index contributed by atoms with van der Waals surface area (Å²) in [7, 11) is 0. The van der Waals surface area contributed by atoms with Gasteiger partial charge in [0.05, 0.1) is 5.69 Å². The molecule has 31 heavy (non-hydrogen) atoms. The van der Waals surface area contributed by atoms with E-state index in [2.05, 4.69) is 25.6 Å². The summed E-state index contributed by atoms with van der Waals surface area (Å²) in [4.78, 5) is 23.8. The van der Waals surface area contributed by atoms with Crippen molar-refractivity contribution >= 4 is 16.9 Å². The molecule has 1 atom stereocenters. The van der Waals surface area contributed by atoms with E-state index in [0.29, 0.717) is 24.4 Å². The van der Waals surface area contributed by atoms with E-state index < -0.39 is 11.7 Å². The molecule has 1 saturated carbocycles. The number of pyridine rings is 1. The van der Waals surface area contributed by atoms with Crippen molar-refractivity contribution in [2.24, 2.45) is 5.92 Å². The largest absolute Gasteiger partial charge is 0.419 e. The van der Waals surface area contributed by atoms with Crippen LogP contribution in [0, 0.1) is 5.92 Å². The highest BCUT2D eigenvalue weighted by Gasteiger charge is 2.36. The highest BCUT2D eigenvalue weighted by atomic mass is 19.4. The van der Waals surface area contributed by atoms with Gasteiger partial charge in [-0.05, 0) is 44.2 Å². The summed E-state index contributed by atoms with van der Waals surface area (Å²) in [6.07, 6.45) is 3.34. The first-order chi connectivity index (χ1) is 14.9. The summed E-state index contributed by atoms with van der Waals surface area (Å²) in [5.41, 5.74) is -0.867. The number of hydrogen-bond acceptors (Lipinski definition) is 5. The SMILES string of the molecule is O=c1c2[nH]cc(-c3nc(N[C@H]4CCCNC4)ncc3C(F)(F)F)c2ccn1CC1CC1. The summed E-state index contributed by atoms with van der Waals surface area (Å²) < 4.78 is 42.8. The molecule has 0 amide bonds. The number of nitrogens with zero attached hydrogens (tertiary/aromatic N) is 3. The summed E-state index contributed by atoms with van der Waals surface area (Å²) >= 11 is 0. The van der Waals surface area contributed by atoms with Gasteiger partial charge in [0, 0.05) is 48.7 Å².